The molecule has 0 spiro atoms. The van der Waals surface area contributed by atoms with E-state index >= 15 is 0 Å². The number of furan rings is 1. The van der Waals surface area contributed by atoms with Crippen molar-refractivity contribution in [3.05, 3.63) is 55.3 Å². The summed E-state index contributed by atoms with van der Waals surface area (Å²) < 4.78 is 7.59. The van der Waals surface area contributed by atoms with Crippen molar-refractivity contribution >= 4 is 43.5 Å². The van der Waals surface area contributed by atoms with Gasteiger partial charge in [-0.05, 0) is 61.0 Å². The van der Waals surface area contributed by atoms with Crippen LogP contribution in [0.1, 0.15) is 22.9 Å². The molecule has 1 N–H and O–H groups in total. The van der Waals surface area contributed by atoms with Crippen LogP contribution in [-0.2, 0) is 0 Å². The Kier molecular flexibility index (Phi) is 4.54. The molecule has 1 heterocycles. The zero-order valence-electron chi connectivity index (χ0n) is 9.93. The number of benzene rings is 1. The molecule has 96 valence electrons. The lowest BCUT2D eigenvalue weighted by Crippen LogP contribution is -2.17. The highest BCUT2D eigenvalue weighted by atomic mass is 79.9. The van der Waals surface area contributed by atoms with Crippen LogP contribution in [0, 0.1) is 6.92 Å². The van der Waals surface area contributed by atoms with E-state index in [1.807, 2.05) is 13.1 Å². The van der Waals surface area contributed by atoms with Crippen molar-refractivity contribution in [1.29, 1.82) is 0 Å². The average molecular weight is 394 g/mol. The van der Waals surface area contributed by atoms with Crippen molar-refractivity contribution in [1.82, 2.24) is 5.32 Å². The van der Waals surface area contributed by atoms with E-state index in [0.29, 0.717) is 5.22 Å². The van der Waals surface area contributed by atoms with E-state index in [0.717, 1.165) is 20.3 Å². The summed E-state index contributed by atoms with van der Waals surface area (Å²) >= 11 is 13.0. The van der Waals surface area contributed by atoms with Crippen molar-refractivity contribution in [2.24, 2.45) is 0 Å². The van der Waals surface area contributed by atoms with Crippen LogP contribution in [0.15, 0.2) is 37.6 Å². The molecule has 0 aliphatic rings. The minimum absolute atomic E-state index is 0.0382. The number of hydrogen-bond donors (Lipinski definition) is 1. The van der Waals surface area contributed by atoms with E-state index in [1.165, 1.54) is 5.56 Å². The standard InChI is InChI=1S/C13H12Br2ClNO/c1-7-5-10(15)8(6-9(7)14)13(17-2)11-3-4-12(16)18-11/h3-6,13,17H,1-2H3. The summed E-state index contributed by atoms with van der Waals surface area (Å²) in [4.78, 5) is 0. The number of aryl methyl sites for hydroxylation is 1. The van der Waals surface area contributed by atoms with Gasteiger partial charge in [0, 0.05) is 8.95 Å². The first-order valence-electron chi connectivity index (χ1n) is 5.41. The molecular formula is C13H12Br2ClNO. The van der Waals surface area contributed by atoms with Crippen LogP contribution in [0.3, 0.4) is 0 Å². The molecule has 1 aromatic carbocycles. The fraction of sp³-hybridized carbons (Fsp3) is 0.231. The number of hydrogen-bond acceptors (Lipinski definition) is 2. The third kappa shape index (κ3) is 2.82. The summed E-state index contributed by atoms with van der Waals surface area (Å²) in [6.45, 7) is 2.05. The maximum absolute atomic E-state index is 5.83. The lowest BCUT2D eigenvalue weighted by Gasteiger charge is -2.17. The second kappa shape index (κ2) is 5.78. The van der Waals surface area contributed by atoms with Gasteiger partial charge < -0.3 is 9.73 Å². The first-order chi connectivity index (χ1) is 8.52. The molecule has 18 heavy (non-hydrogen) atoms. The molecule has 5 heteroatoms. The molecule has 1 unspecified atom stereocenters. The van der Waals surface area contributed by atoms with Gasteiger partial charge in [-0.2, -0.15) is 0 Å². The van der Waals surface area contributed by atoms with Crippen molar-refractivity contribution in [2.45, 2.75) is 13.0 Å². The van der Waals surface area contributed by atoms with Crippen LogP contribution in [0.5, 0.6) is 0 Å². The third-order valence-electron chi connectivity index (χ3n) is 2.76. The molecule has 0 saturated heterocycles. The van der Waals surface area contributed by atoms with E-state index in [9.17, 15) is 0 Å². The summed E-state index contributed by atoms with van der Waals surface area (Å²) in [7, 11) is 1.89. The molecule has 0 radical (unpaired) electrons. The molecule has 1 atom stereocenters. The minimum atomic E-state index is -0.0382. The molecule has 0 bridgehead atoms. The maximum atomic E-state index is 5.83. The first kappa shape index (κ1) is 14.1. The van der Waals surface area contributed by atoms with E-state index in [1.54, 1.807) is 6.07 Å². The summed E-state index contributed by atoms with van der Waals surface area (Å²) in [5, 5.41) is 3.63. The average Bonchev–Trinajstić information content (AvgIpc) is 2.73. The molecule has 0 saturated carbocycles. The molecular weight excluding hydrogens is 381 g/mol. The second-order valence-electron chi connectivity index (χ2n) is 3.99. The molecule has 0 aliphatic carbocycles. The van der Waals surface area contributed by atoms with Crippen LogP contribution < -0.4 is 5.32 Å². The zero-order chi connectivity index (χ0) is 13.3. The largest absolute Gasteiger partial charge is 0.448 e. The summed E-state index contributed by atoms with van der Waals surface area (Å²) in [5.41, 5.74) is 2.28. The number of halogens is 3. The van der Waals surface area contributed by atoms with Gasteiger partial charge in [-0.3, -0.25) is 0 Å². The topological polar surface area (TPSA) is 25.2 Å². The predicted molar refractivity (Wildman–Crippen MR) is 81.2 cm³/mol. The minimum Gasteiger partial charge on any atom is -0.448 e. The molecule has 1 aromatic heterocycles. The van der Waals surface area contributed by atoms with E-state index in [2.05, 4.69) is 56.2 Å². The van der Waals surface area contributed by atoms with Gasteiger partial charge in [-0.25, -0.2) is 0 Å². The Bertz CT molecular complexity index is 568. The van der Waals surface area contributed by atoms with Crippen molar-refractivity contribution < 1.29 is 4.42 Å². The molecule has 2 aromatic rings. The molecule has 0 aliphatic heterocycles. The monoisotopic (exact) mass is 391 g/mol. The van der Waals surface area contributed by atoms with E-state index in [-0.39, 0.29) is 6.04 Å². The third-order valence-corrected chi connectivity index (χ3v) is 4.50. The van der Waals surface area contributed by atoms with Crippen LogP contribution in [0.2, 0.25) is 5.22 Å². The Labute approximate surface area is 128 Å². The van der Waals surface area contributed by atoms with E-state index in [4.69, 9.17) is 16.0 Å². The maximum Gasteiger partial charge on any atom is 0.193 e. The fourth-order valence-electron chi connectivity index (χ4n) is 1.82. The first-order valence-corrected chi connectivity index (χ1v) is 7.37. The molecule has 0 fully saturated rings. The highest BCUT2D eigenvalue weighted by molar-refractivity contribution is 9.11. The Morgan fingerprint density at radius 3 is 2.50 bits per heavy atom. The Hall–Kier alpha value is -0.290. The molecule has 2 rings (SSSR count). The number of nitrogens with one attached hydrogen (secondary N) is 1. The van der Waals surface area contributed by atoms with Gasteiger partial charge in [0.05, 0.1) is 6.04 Å². The lowest BCUT2D eigenvalue weighted by atomic mass is 10.0. The molecule has 0 amide bonds. The Balaban J connectivity index is 2.48. The van der Waals surface area contributed by atoms with Crippen LogP contribution >= 0.6 is 43.5 Å². The quantitative estimate of drug-likeness (QED) is 0.787. The van der Waals surface area contributed by atoms with Gasteiger partial charge in [0.15, 0.2) is 5.22 Å². The highest BCUT2D eigenvalue weighted by Gasteiger charge is 2.19. The van der Waals surface area contributed by atoms with E-state index < -0.39 is 0 Å². The number of rotatable bonds is 3. The highest BCUT2D eigenvalue weighted by Crippen LogP contribution is 2.34. The van der Waals surface area contributed by atoms with Gasteiger partial charge in [0.2, 0.25) is 0 Å². The Morgan fingerprint density at radius 1 is 1.22 bits per heavy atom. The molecule has 2 nitrogen and oxygen atoms in total. The van der Waals surface area contributed by atoms with Crippen LogP contribution in [0.4, 0.5) is 0 Å². The van der Waals surface area contributed by atoms with Crippen LogP contribution in [0.25, 0.3) is 0 Å². The summed E-state index contributed by atoms with van der Waals surface area (Å²) in [6.07, 6.45) is 0. The van der Waals surface area contributed by atoms with Gasteiger partial charge in [-0.15, -0.1) is 0 Å². The zero-order valence-corrected chi connectivity index (χ0v) is 13.9. The fourth-order valence-corrected chi connectivity index (χ4v) is 3.02. The second-order valence-corrected chi connectivity index (χ2v) is 6.07. The van der Waals surface area contributed by atoms with Crippen molar-refractivity contribution in [2.75, 3.05) is 7.05 Å². The predicted octanol–water partition coefficient (Wildman–Crippen LogP) is 5.08. The summed E-state index contributed by atoms with van der Waals surface area (Å²) in [5.74, 6) is 0.791. The van der Waals surface area contributed by atoms with Gasteiger partial charge in [0.1, 0.15) is 5.76 Å². The normalized spacial score (nSPS) is 12.7. The lowest BCUT2D eigenvalue weighted by molar-refractivity contribution is 0.464. The SMILES string of the molecule is CNC(c1ccc(Cl)o1)c1cc(Br)c(C)cc1Br. The smallest absolute Gasteiger partial charge is 0.193 e. The Morgan fingerprint density at radius 2 is 1.94 bits per heavy atom. The van der Waals surface area contributed by atoms with Crippen molar-refractivity contribution in [3.8, 4) is 0 Å². The van der Waals surface area contributed by atoms with Crippen LogP contribution in [-0.4, -0.2) is 7.05 Å². The van der Waals surface area contributed by atoms with Crippen molar-refractivity contribution in [3.63, 3.8) is 0 Å². The van der Waals surface area contributed by atoms with Gasteiger partial charge >= 0.3 is 0 Å². The van der Waals surface area contributed by atoms with Gasteiger partial charge in [-0.1, -0.05) is 31.9 Å². The summed E-state index contributed by atoms with van der Waals surface area (Å²) in [6, 6.07) is 7.75. The van der Waals surface area contributed by atoms with Gasteiger partial charge in [0.25, 0.3) is 0 Å².